The van der Waals surface area contributed by atoms with Crippen molar-refractivity contribution in [2.45, 2.75) is 19.1 Å². The number of hydrogen-bond acceptors (Lipinski definition) is 7. The van der Waals surface area contributed by atoms with Crippen molar-refractivity contribution in [2.75, 3.05) is 26.0 Å². The summed E-state index contributed by atoms with van der Waals surface area (Å²) in [6.07, 6.45) is 0. The Labute approximate surface area is 144 Å². The third-order valence-electron chi connectivity index (χ3n) is 3.12. The number of benzene rings is 1. The minimum absolute atomic E-state index is 0.0777. The Balaban J connectivity index is 1.87. The number of rotatable bonds is 7. The highest BCUT2D eigenvalue weighted by molar-refractivity contribution is 7.99. The minimum Gasteiger partial charge on any atom is -0.465 e. The lowest BCUT2D eigenvalue weighted by atomic mass is 10.1. The summed E-state index contributed by atoms with van der Waals surface area (Å²) in [6, 6.07) is 7.71. The van der Waals surface area contributed by atoms with E-state index in [4.69, 9.17) is 9.15 Å². The molecule has 1 aromatic heterocycles. The van der Waals surface area contributed by atoms with Gasteiger partial charge in [0.1, 0.15) is 6.54 Å². The number of likely N-dealkylation sites (N-methyl/N-ethyl adjacent to an activating group) is 1. The van der Waals surface area contributed by atoms with Crippen molar-refractivity contribution in [3.05, 3.63) is 29.8 Å². The number of carbonyl (C=O) groups is 2. The van der Waals surface area contributed by atoms with E-state index in [1.165, 1.54) is 4.90 Å². The lowest BCUT2D eigenvalue weighted by Gasteiger charge is -2.15. The number of nitrogens with zero attached hydrogens (tertiary/aromatic N) is 3. The van der Waals surface area contributed by atoms with Gasteiger partial charge >= 0.3 is 5.97 Å². The van der Waals surface area contributed by atoms with Crippen molar-refractivity contribution in [2.24, 2.45) is 0 Å². The number of carbonyl (C=O) groups excluding carboxylic acids is 2. The zero-order valence-electron chi connectivity index (χ0n) is 13.8. The smallest absolute Gasteiger partial charge is 0.325 e. The van der Waals surface area contributed by atoms with Gasteiger partial charge in [-0.3, -0.25) is 9.59 Å². The molecule has 0 spiro atoms. The van der Waals surface area contributed by atoms with Crippen LogP contribution in [0.3, 0.4) is 0 Å². The van der Waals surface area contributed by atoms with Gasteiger partial charge in [0.25, 0.3) is 5.22 Å². The summed E-state index contributed by atoms with van der Waals surface area (Å²) in [6.45, 7) is 3.93. The van der Waals surface area contributed by atoms with Gasteiger partial charge in [-0.25, -0.2) is 0 Å². The van der Waals surface area contributed by atoms with Crippen LogP contribution in [-0.2, 0) is 14.3 Å². The van der Waals surface area contributed by atoms with Gasteiger partial charge in [-0.15, -0.1) is 10.2 Å². The second kappa shape index (κ2) is 8.49. The first-order chi connectivity index (χ1) is 11.5. The lowest BCUT2D eigenvalue weighted by molar-refractivity contribution is -0.147. The SMILES string of the molecule is CCOC(=O)CN(C)C(=O)CSc1nnc(-c2ccc(C)cc2)o1. The maximum absolute atomic E-state index is 12.0. The second-order valence-electron chi connectivity index (χ2n) is 5.08. The third-order valence-corrected chi connectivity index (χ3v) is 3.92. The van der Waals surface area contributed by atoms with Crippen molar-refractivity contribution in [1.82, 2.24) is 15.1 Å². The average molecular weight is 349 g/mol. The molecule has 0 fully saturated rings. The Morgan fingerprint density at radius 2 is 1.96 bits per heavy atom. The topological polar surface area (TPSA) is 85.5 Å². The quantitative estimate of drug-likeness (QED) is 0.559. The Hall–Kier alpha value is -2.35. The summed E-state index contributed by atoms with van der Waals surface area (Å²) in [5.41, 5.74) is 1.97. The fraction of sp³-hybridized carbons (Fsp3) is 0.375. The maximum atomic E-state index is 12.0. The molecule has 1 aromatic carbocycles. The van der Waals surface area contributed by atoms with Crippen LogP contribution in [0.1, 0.15) is 12.5 Å². The summed E-state index contributed by atoms with van der Waals surface area (Å²) < 4.78 is 10.3. The van der Waals surface area contributed by atoms with Gasteiger partial charge < -0.3 is 14.1 Å². The Morgan fingerprint density at radius 3 is 2.62 bits per heavy atom. The van der Waals surface area contributed by atoms with Gasteiger partial charge in [0.15, 0.2) is 0 Å². The van der Waals surface area contributed by atoms with E-state index in [-0.39, 0.29) is 18.2 Å². The van der Waals surface area contributed by atoms with E-state index in [1.54, 1.807) is 14.0 Å². The normalized spacial score (nSPS) is 10.5. The van der Waals surface area contributed by atoms with Gasteiger partial charge in [0, 0.05) is 12.6 Å². The van der Waals surface area contributed by atoms with Crippen molar-refractivity contribution < 1.29 is 18.7 Å². The van der Waals surface area contributed by atoms with Crippen molar-refractivity contribution in [1.29, 1.82) is 0 Å². The van der Waals surface area contributed by atoms with Crippen molar-refractivity contribution in [3.8, 4) is 11.5 Å². The Kier molecular flexibility index (Phi) is 6.36. The van der Waals surface area contributed by atoms with Crippen LogP contribution in [0.25, 0.3) is 11.5 Å². The number of hydrogen-bond donors (Lipinski definition) is 0. The van der Waals surface area contributed by atoms with Crippen LogP contribution in [0, 0.1) is 6.92 Å². The number of aromatic nitrogens is 2. The highest BCUT2D eigenvalue weighted by Crippen LogP contribution is 2.23. The average Bonchev–Trinajstić information content (AvgIpc) is 3.02. The molecule has 8 heteroatoms. The molecule has 0 radical (unpaired) electrons. The van der Waals surface area contributed by atoms with E-state index >= 15 is 0 Å². The molecule has 2 aromatic rings. The molecule has 0 unspecified atom stereocenters. The number of aryl methyl sites for hydroxylation is 1. The number of amides is 1. The van der Waals surface area contributed by atoms with Crippen LogP contribution in [-0.4, -0.2) is 52.9 Å². The molecule has 0 aliphatic rings. The van der Waals surface area contributed by atoms with E-state index < -0.39 is 5.97 Å². The molecule has 0 saturated carbocycles. The highest BCUT2D eigenvalue weighted by Gasteiger charge is 2.16. The van der Waals surface area contributed by atoms with Gasteiger partial charge in [-0.05, 0) is 26.0 Å². The Morgan fingerprint density at radius 1 is 1.25 bits per heavy atom. The summed E-state index contributed by atoms with van der Waals surface area (Å²) in [5, 5.41) is 8.20. The van der Waals surface area contributed by atoms with Crippen LogP contribution in [0.15, 0.2) is 33.9 Å². The van der Waals surface area contributed by atoms with Crippen molar-refractivity contribution >= 4 is 23.6 Å². The molecule has 2 rings (SSSR count). The van der Waals surface area contributed by atoms with Gasteiger partial charge in [-0.1, -0.05) is 29.5 Å². The molecule has 1 amide bonds. The zero-order valence-corrected chi connectivity index (χ0v) is 14.6. The van der Waals surface area contributed by atoms with Crippen LogP contribution >= 0.6 is 11.8 Å². The first-order valence-electron chi connectivity index (χ1n) is 7.42. The highest BCUT2D eigenvalue weighted by atomic mass is 32.2. The molecule has 0 bridgehead atoms. The molecule has 0 aliphatic heterocycles. The first-order valence-corrected chi connectivity index (χ1v) is 8.41. The van der Waals surface area contributed by atoms with Gasteiger partial charge in [-0.2, -0.15) is 0 Å². The fourth-order valence-electron chi connectivity index (χ4n) is 1.80. The van der Waals surface area contributed by atoms with Crippen molar-refractivity contribution in [3.63, 3.8) is 0 Å². The fourth-order valence-corrected chi connectivity index (χ4v) is 2.51. The summed E-state index contributed by atoms with van der Waals surface area (Å²) in [4.78, 5) is 24.6. The van der Waals surface area contributed by atoms with E-state index in [0.29, 0.717) is 17.7 Å². The van der Waals surface area contributed by atoms with Gasteiger partial charge in [0.05, 0.1) is 12.4 Å². The largest absolute Gasteiger partial charge is 0.465 e. The molecule has 0 saturated heterocycles. The number of thioether (sulfide) groups is 1. The molecule has 7 nitrogen and oxygen atoms in total. The number of ether oxygens (including phenoxy) is 1. The van der Waals surface area contributed by atoms with Crippen LogP contribution in [0.2, 0.25) is 0 Å². The monoisotopic (exact) mass is 349 g/mol. The molecule has 0 aliphatic carbocycles. The molecule has 0 atom stereocenters. The molecule has 128 valence electrons. The van der Waals surface area contributed by atoms with Gasteiger partial charge in [0.2, 0.25) is 11.8 Å². The zero-order chi connectivity index (χ0) is 17.5. The first kappa shape index (κ1) is 18.0. The van der Waals surface area contributed by atoms with Crippen LogP contribution in [0.5, 0.6) is 0 Å². The van der Waals surface area contributed by atoms with E-state index in [1.807, 2.05) is 31.2 Å². The van der Waals surface area contributed by atoms with E-state index in [0.717, 1.165) is 22.9 Å². The van der Waals surface area contributed by atoms with Crippen LogP contribution in [0.4, 0.5) is 0 Å². The van der Waals surface area contributed by atoms with E-state index in [2.05, 4.69) is 10.2 Å². The predicted octanol–water partition coefficient (Wildman–Crippen LogP) is 2.16. The molecule has 24 heavy (non-hydrogen) atoms. The number of esters is 1. The third kappa shape index (κ3) is 5.09. The minimum atomic E-state index is -0.433. The van der Waals surface area contributed by atoms with E-state index in [9.17, 15) is 9.59 Å². The molecular formula is C16H19N3O4S. The molecule has 1 heterocycles. The van der Waals surface area contributed by atoms with Crippen LogP contribution < -0.4 is 0 Å². The summed E-state index contributed by atoms with van der Waals surface area (Å²) in [5.74, 6) is -0.142. The second-order valence-corrected chi connectivity index (χ2v) is 6.01. The Bertz CT molecular complexity index is 700. The lowest BCUT2D eigenvalue weighted by Crippen LogP contribution is -2.34. The summed E-state index contributed by atoms with van der Waals surface area (Å²) >= 11 is 1.13. The summed E-state index contributed by atoms with van der Waals surface area (Å²) in [7, 11) is 1.55. The molecular weight excluding hydrogens is 330 g/mol. The molecule has 0 N–H and O–H groups in total. The maximum Gasteiger partial charge on any atom is 0.325 e. The predicted molar refractivity (Wildman–Crippen MR) is 89.5 cm³/mol. The standard InChI is InChI=1S/C16H19N3O4S/c1-4-22-14(21)9-19(3)13(20)10-24-16-18-17-15(23-16)12-7-5-11(2)6-8-12/h5-8H,4,9-10H2,1-3H3.